The fourth-order valence-corrected chi connectivity index (χ4v) is 3.79. The van der Waals surface area contributed by atoms with Crippen LogP contribution in [0.25, 0.3) is 10.9 Å². The minimum absolute atomic E-state index is 0.127. The minimum atomic E-state index is -1.03. The molecule has 1 N–H and O–H groups in total. The van der Waals surface area contributed by atoms with Crippen molar-refractivity contribution in [3.63, 3.8) is 0 Å². The Balaban J connectivity index is 1.70. The lowest BCUT2D eigenvalue weighted by atomic mass is 9.90. The van der Waals surface area contributed by atoms with Gasteiger partial charge in [-0.15, -0.1) is 0 Å². The molecule has 8 nitrogen and oxygen atoms in total. The van der Waals surface area contributed by atoms with Crippen molar-refractivity contribution in [2.45, 2.75) is 64.1 Å². The fraction of sp³-hybridized carbons (Fsp3) is 0.571. The summed E-state index contributed by atoms with van der Waals surface area (Å²) < 4.78 is 12.6. The largest absolute Gasteiger partial charge is 0.496 e. The third-order valence-electron chi connectivity index (χ3n) is 5.34. The Hall–Kier alpha value is -2.77. The summed E-state index contributed by atoms with van der Waals surface area (Å²) in [6.45, 7) is 5.59. The Morgan fingerprint density at radius 2 is 1.86 bits per heavy atom. The molecule has 2 aromatic rings. The number of hydrogen-bond donors (Lipinski definition) is 1. The topological polar surface area (TPSA) is 93.9 Å². The van der Waals surface area contributed by atoms with Crippen molar-refractivity contribution in [1.29, 1.82) is 0 Å². The molecule has 0 atom stereocenters. The highest BCUT2D eigenvalue weighted by Gasteiger charge is 2.30. The summed E-state index contributed by atoms with van der Waals surface area (Å²) in [7, 11) is 3.24. The van der Waals surface area contributed by atoms with Gasteiger partial charge in [0.2, 0.25) is 0 Å². The third kappa shape index (κ3) is 4.63. The number of carbonyl (C=O) groups is 2. The van der Waals surface area contributed by atoms with Crippen molar-refractivity contribution >= 4 is 23.0 Å². The van der Waals surface area contributed by atoms with Gasteiger partial charge in [0, 0.05) is 30.7 Å². The van der Waals surface area contributed by atoms with E-state index in [1.165, 1.54) is 7.11 Å². The molecule has 1 aliphatic carbocycles. The molecular formula is C21H29N3O5. The SMILES string of the molecule is COc1cc2nn(C3CCC(N(C)C(=O)OC(C)(C)C)CC3)cc2cc1C(=O)O. The first-order valence-electron chi connectivity index (χ1n) is 9.85. The van der Waals surface area contributed by atoms with Gasteiger partial charge in [0.15, 0.2) is 0 Å². The van der Waals surface area contributed by atoms with Crippen molar-refractivity contribution in [1.82, 2.24) is 14.7 Å². The van der Waals surface area contributed by atoms with Crippen molar-refractivity contribution < 1.29 is 24.2 Å². The Bertz CT molecular complexity index is 907. The molecule has 1 aromatic heterocycles. The number of benzene rings is 1. The van der Waals surface area contributed by atoms with E-state index in [1.54, 1.807) is 24.1 Å². The standard InChI is InChI=1S/C21H29N3O5/c1-21(2,3)29-20(27)23(4)14-6-8-15(9-7-14)24-12-13-10-16(19(25)26)18(28-5)11-17(13)22-24/h10-12,14-15H,6-9H2,1-5H3,(H,25,26). The first kappa shape index (κ1) is 21.0. The number of hydrogen-bond acceptors (Lipinski definition) is 5. The summed E-state index contributed by atoms with van der Waals surface area (Å²) >= 11 is 0. The maximum Gasteiger partial charge on any atom is 0.410 e. The van der Waals surface area contributed by atoms with Crippen LogP contribution in [0.3, 0.4) is 0 Å². The molecule has 1 fully saturated rings. The van der Waals surface area contributed by atoms with E-state index in [0.29, 0.717) is 11.3 Å². The van der Waals surface area contributed by atoms with E-state index < -0.39 is 11.6 Å². The second kappa shape index (κ2) is 7.93. The van der Waals surface area contributed by atoms with Crippen molar-refractivity contribution in [3.05, 3.63) is 23.9 Å². The summed E-state index contributed by atoms with van der Waals surface area (Å²) in [6, 6.07) is 3.62. The predicted octanol–water partition coefficient (Wildman–Crippen LogP) is 4.09. The molecule has 1 aliphatic rings. The van der Waals surface area contributed by atoms with E-state index >= 15 is 0 Å². The van der Waals surface area contributed by atoms with Gasteiger partial charge in [-0.3, -0.25) is 4.68 Å². The van der Waals surface area contributed by atoms with E-state index in [-0.39, 0.29) is 23.7 Å². The highest BCUT2D eigenvalue weighted by atomic mass is 16.6. The molecule has 1 heterocycles. The Kier molecular flexibility index (Phi) is 5.73. The fourth-order valence-electron chi connectivity index (χ4n) is 3.79. The van der Waals surface area contributed by atoms with E-state index in [0.717, 1.165) is 31.1 Å². The van der Waals surface area contributed by atoms with Gasteiger partial charge >= 0.3 is 12.1 Å². The quantitative estimate of drug-likeness (QED) is 0.826. The Morgan fingerprint density at radius 3 is 2.41 bits per heavy atom. The van der Waals surface area contributed by atoms with Gasteiger partial charge in [0.1, 0.15) is 16.9 Å². The highest BCUT2D eigenvalue weighted by molar-refractivity contribution is 5.96. The average Bonchev–Trinajstić information content (AvgIpc) is 3.08. The number of aromatic nitrogens is 2. The molecule has 0 bridgehead atoms. The number of ether oxygens (including phenoxy) is 2. The zero-order valence-corrected chi connectivity index (χ0v) is 17.6. The second-order valence-corrected chi connectivity index (χ2v) is 8.58. The number of carboxylic acid groups (broad SMARTS) is 1. The summed E-state index contributed by atoms with van der Waals surface area (Å²) in [6.07, 6.45) is 5.09. The van der Waals surface area contributed by atoms with E-state index in [1.807, 2.05) is 31.6 Å². The lowest BCUT2D eigenvalue weighted by Gasteiger charge is -2.35. The van der Waals surface area contributed by atoms with Gasteiger partial charge in [-0.1, -0.05) is 0 Å². The number of nitrogens with zero attached hydrogens (tertiary/aromatic N) is 3. The predicted molar refractivity (Wildman–Crippen MR) is 109 cm³/mol. The second-order valence-electron chi connectivity index (χ2n) is 8.58. The van der Waals surface area contributed by atoms with Crippen LogP contribution in [0.2, 0.25) is 0 Å². The highest BCUT2D eigenvalue weighted by Crippen LogP contribution is 2.33. The van der Waals surface area contributed by atoms with Gasteiger partial charge in [-0.05, 0) is 52.5 Å². The van der Waals surface area contributed by atoms with Gasteiger partial charge in [0.25, 0.3) is 0 Å². The number of rotatable bonds is 4. The van der Waals surface area contributed by atoms with Gasteiger partial charge in [-0.25, -0.2) is 9.59 Å². The molecule has 29 heavy (non-hydrogen) atoms. The maximum absolute atomic E-state index is 12.3. The molecule has 0 radical (unpaired) electrons. The van der Waals surface area contributed by atoms with Gasteiger partial charge in [0.05, 0.1) is 18.7 Å². The molecule has 1 saturated carbocycles. The van der Waals surface area contributed by atoms with E-state index in [4.69, 9.17) is 9.47 Å². The van der Waals surface area contributed by atoms with Crippen molar-refractivity contribution in [3.8, 4) is 5.75 Å². The molecule has 0 spiro atoms. The lowest BCUT2D eigenvalue weighted by molar-refractivity contribution is 0.0173. The Morgan fingerprint density at radius 1 is 1.21 bits per heavy atom. The maximum atomic E-state index is 12.3. The summed E-state index contributed by atoms with van der Waals surface area (Å²) in [5, 5.41) is 14.8. The Labute approximate surface area is 170 Å². The van der Waals surface area contributed by atoms with Crippen LogP contribution in [0.1, 0.15) is 62.9 Å². The number of aromatic carboxylic acids is 1. The van der Waals surface area contributed by atoms with Crippen LogP contribution in [-0.2, 0) is 4.74 Å². The average molecular weight is 403 g/mol. The summed E-state index contributed by atoms with van der Waals surface area (Å²) in [4.78, 5) is 25.4. The first-order valence-corrected chi connectivity index (χ1v) is 9.85. The van der Waals surface area contributed by atoms with E-state index in [2.05, 4.69) is 5.10 Å². The molecule has 0 aliphatic heterocycles. The molecule has 0 saturated heterocycles. The number of carbonyl (C=O) groups excluding carboxylic acids is 1. The van der Waals surface area contributed by atoms with Crippen LogP contribution in [0.4, 0.5) is 4.79 Å². The molecular weight excluding hydrogens is 374 g/mol. The van der Waals surface area contributed by atoms with Crippen LogP contribution in [-0.4, -0.2) is 57.6 Å². The van der Waals surface area contributed by atoms with Crippen LogP contribution >= 0.6 is 0 Å². The van der Waals surface area contributed by atoms with Crippen LogP contribution < -0.4 is 4.74 Å². The zero-order chi connectivity index (χ0) is 21.3. The third-order valence-corrected chi connectivity index (χ3v) is 5.34. The number of carboxylic acids is 1. The van der Waals surface area contributed by atoms with Crippen LogP contribution in [0.5, 0.6) is 5.75 Å². The van der Waals surface area contributed by atoms with Gasteiger partial charge in [-0.2, -0.15) is 5.10 Å². The van der Waals surface area contributed by atoms with Crippen LogP contribution in [0.15, 0.2) is 18.3 Å². The van der Waals surface area contributed by atoms with Crippen molar-refractivity contribution in [2.75, 3.05) is 14.2 Å². The number of fused-ring (bicyclic) bond motifs is 1. The molecule has 8 heteroatoms. The van der Waals surface area contributed by atoms with Gasteiger partial charge < -0.3 is 19.5 Å². The van der Waals surface area contributed by atoms with Crippen LogP contribution in [0, 0.1) is 0 Å². The first-order chi connectivity index (χ1) is 13.6. The molecule has 158 valence electrons. The molecule has 1 aromatic carbocycles. The molecule has 0 unspecified atom stereocenters. The number of methoxy groups -OCH3 is 1. The van der Waals surface area contributed by atoms with Crippen molar-refractivity contribution in [2.24, 2.45) is 0 Å². The summed E-state index contributed by atoms with van der Waals surface area (Å²) in [5.41, 5.74) is 0.329. The normalized spacial score (nSPS) is 19.8. The molecule has 3 rings (SSSR count). The lowest BCUT2D eigenvalue weighted by Crippen LogP contribution is -2.42. The molecule has 1 amide bonds. The smallest absolute Gasteiger partial charge is 0.410 e. The summed E-state index contributed by atoms with van der Waals surface area (Å²) in [5.74, 6) is -0.722. The number of amides is 1. The zero-order valence-electron chi connectivity index (χ0n) is 17.6. The minimum Gasteiger partial charge on any atom is -0.496 e. The monoisotopic (exact) mass is 403 g/mol. The van der Waals surface area contributed by atoms with E-state index in [9.17, 15) is 14.7 Å².